The number of aryl methyl sites for hydroxylation is 1. The van der Waals surface area contributed by atoms with Crippen LogP contribution >= 0.6 is 0 Å². The molecule has 0 bridgehead atoms. The first-order valence-electron chi connectivity index (χ1n) is 10.5. The first-order chi connectivity index (χ1) is 13.6. The van der Waals surface area contributed by atoms with Crippen molar-refractivity contribution in [1.29, 1.82) is 0 Å². The zero-order chi connectivity index (χ0) is 19.5. The van der Waals surface area contributed by atoms with Gasteiger partial charge in [-0.1, -0.05) is 12.8 Å². The monoisotopic (exact) mass is 388 g/mol. The molecule has 0 amide bonds. The Hall–Kier alpha value is -1.99. The number of β-amino-alcohol motifs (C(OH)–C–C–N with tert-alkyl or cyclic N) is 1. The molecule has 1 aromatic carbocycles. The van der Waals surface area contributed by atoms with Gasteiger partial charge in [-0.05, 0) is 38.8 Å². The topological polar surface area (TPSA) is 71.8 Å². The molecule has 154 valence electrons. The van der Waals surface area contributed by atoms with Crippen LogP contribution in [-0.2, 0) is 7.05 Å². The van der Waals surface area contributed by atoms with Crippen molar-refractivity contribution in [3.8, 4) is 11.5 Å². The van der Waals surface area contributed by atoms with Crippen LogP contribution < -0.4 is 14.8 Å². The number of aliphatic hydroxyl groups excluding tert-OH is 1. The van der Waals surface area contributed by atoms with Crippen molar-refractivity contribution < 1.29 is 14.6 Å². The quantitative estimate of drug-likeness (QED) is 0.725. The molecule has 7 nitrogen and oxygen atoms in total. The van der Waals surface area contributed by atoms with E-state index >= 15 is 0 Å². The van der Waals surface area contributed by atoms with Crippen molar-refractivity contribution in [3.05, 3.63) is 12.1 Å². The van der Waals surface area contributed by atoms with Crippen molar-refractivity contribution in [2.24, 2.45) is 7.05 Å². The van der Waals surface area contributed by atoms with E-state index in [1.807, 2.05) is 19.2 Å². The van der Waals surface area contributed by atoms with E-state index in [1.165, 1.54) is 38.5 Å². The molecule has 1 saturated carbocycles. The number of aromatic nitrogens is 2. The molecule has 0 spiro atoms. The van der Waals surface area contributed by atoms with Gasteiger partial charge >= 0.3 is 0 Å². The summed E-state index contributed by atoms with van der Waals surface area (Å²) in [6.45, 7) is 3.04. The van der Waals surface area contributed by atoms with E-state index in [2.05, 4.69) is 14.8 Å². The van der Waals surface area contributed by atoms with Gasteiger partial charge in [0.25, 0.3) is 0 Å². The average Bonchev–Trinajstić information content (AvgIpc) is 3.44. The molecule has 2 fully saturated rings. The Morgan fingerprint density at radius 1 is 1.18 bits per heavy atom. The lowest BCUT2D eigenvalue weighted by molar-refractivity contribution is 0.0747. The van der Waals surface area contributed by atoms with Gasteiger partial charge in [-0.15, -0.1) is 0 Å². The Kier molecular flexibility index (Phi) is 5.92. The molecular formula is C21H32N4O3. The number of imidazole rings is 1. The molecule has 2 aromatic rings. The maximum atomic E-state index is 10.3. The van der Waals surface area contributed by atoms with Crippen molar-refractivity contribution in [1.82, 2.24) is 14.5 Å². The summed E-state index contributed by atoms with van der Waals surface area (Å²) in [4.78, 5) is 7.05. The van der Waals surface area contributed by atoms with E-state index in [0.29, 0.717) is 24.1 Å². The fourth-order valence-electron chi connectivity index (χ4n) is 4.36. The number of anilines is 1. The molecule has 7 heteroatoms. The van der Waals surface area contributed by atoms with Crippen molar-refractivity contribution in [2.75, 3.05) is 38.7 Å². The molecule has 4 rings (SSSR count). The Morgan fingerprint density at radius 3 is 2.64 bits per heavy atom. The molecule has 0 radical (unpaired) electrons. The number of likely N-dealkylation sites (tertiary alicyclic amines) is 1. The second kappa shape index (κ2) is 8.57. The number of methoxy groups -OCH3 is 1. The molecule has 1 atom stereocenters. The van der Waals surface area contributed by atoms with E-state index in [-0.39, 0.29) is 6.61 Å². The molecule has 2 aliphatic rings. The minimum Gasteiger partial charge on any atom is -0.493 e. The Bertz CT molecular complexity index is 795. The summed E-state index contributed by atoms with van der Waals surface area (Å²) in [6.07, 6.45) is 6.90. The third kappa shape index (κ3) is 4.20. The molecule has 2 N–H and O–H groups in total. The highest BCUT2D eigenvalue weighted by atomic mass is 16.5. The lowest BCUT2D eigenvalue weighted by atomic mass is 10.2. The van der Waals surface area contributed by atoms with Crippen LogP contribution in [0, 0.1) is 0 Å². The number of hydrogen-bond donors (Lipinski definition) is 2. The molecule has 0 unspecified atom stereocenters. The number of rotatable bonds is 8. The summed E-state index contributed by atoms with van der Waals surface area (Å²) in [5.74, 6) is 2.17. The minimum atomic E-state index is -0.512. The largest absolute Gasteiger partial charge is 0.493 e. The minimum absolute atomic E-state index is 0.248. The molecule has 1 saturated heterocycles. The maximum absolute atomic E-state index is 10.3. The number of aliphatic hydroxyl groups is 1. The Balaban J connectivity index is 1.47. The van der Waals surface area contributed by atoms with E-state index < -0.39 is 6.10 Å². The van der Waals surface area contributed by atoms with E-state index in [0.717, 1.165) is 30.1 Å². The SMILES string of the molecule is COc1cc2c(cc1OC[C@H](O)CN1CCCC1)nc(NC1CCCC1)n2C. The van der Waals surface area contributed by atoms with Crippen LogP contribution in [0.25, 0.3) is 11.0 Å². The summed E-state index contributed by atoms with van der Waals surface area (Å²) < 4.78 is 13.5. The zero-order valence-electron chi connectivity index (χ0n) is 17.0. The standard InChI is InChI=1S/C21H32N4O3/c1-24-18-12-19(27-2)20(28-14-16(26)13-25-9-5-6-10-25)11-17(18)23-21(24)22-15-7-3-4-8-15/h11-12,15-16,26H,3-10,13-14H2,1-2H3,(H,22,23)/t16-/m1/s1. The Morgan fingerprint density at radius 2 is 1.93 bits per heavy atom. The summed E-state index contributed by atoms with van der Waals surface area (Å²) in [5, 5.41) is 13.9. The fraction of sp³-hybridized carbons (Fsp3) is 0.667. The second-order valence-electron chi connectivity index (χ2n) is 8.08. The number of hydrogen-bond acceptors (Lipinski definition) is 6. The van der Waals surface area contributed by atoms with Crippen LogP contribution in [0.3, 0.4) is 0 Å². The Labute approximate surface area is 166 Å². The average molecular weight is 389 g/mol. The maximum Gasteiger partial charge on any atom is 0.203 e. The zero-order valence-corrected chi connectivity index (χ0v) is 17.0. The highest BCUT2D eigenvalue weighted by Gasteiger charge is 2.20. The predicted octanol–water partition coefficient (Wildman–Crippen LogP) is 2.77. The van der Waals surface area contributed by atoms with Crippen LogP contribution in [0.2, 0.25) is 0 Å². The molecule has 28 heavy (non-hydrogen) atoms. The van der Waals surface area contributed by atoms with Crippen LogP contribution in [0.4, 0.5) is 5.95 Å². The first kappa shape index (κ1) is 19.3. The van der Waals surface area contributed by atoms with Gasteiger partial charge in [0, 0.05) is 31.8 Å². The van der Waals surface area contributed by atoms with E-state index in [9.17, 15) is 5.11 Å². The van der Waals surface area contributed by atoms with Crippen molar-refractivity contribution >= 4 is 17.0 Å². The number of nitrogens with zero attached hydrogens (tertiary/aromatic N) is 3. The van der Waals surface area contributed by atoms with Gasteiger partial charge in [0.2, 0.25) is 5.95 Å². The molecule has 1 aliphatic carbocycles. The first-order valence-corrected chi connectivity index (χ1v) is 10.5. The summed E-state index contributed by atoms with van der Waals surface area (Å²) in [7, 11) is 3.66. The molecule has 1 aromatic heterocycles. The van der Waals surface area contributed by atoms with Gasteiger partial charge < -0.3 is 29.4 Å². The van der Waals surface area contributed by atoms with E-state index in [1.54, 1.807) is 7.11 Å². The highest BCUT2D eigenvalue weighted by molar-refractivity contribution is 5.82. The van der Waals surface area contributed by atoms with Gasteiger partial charge in [-0.2, -0.15) is 0 Å². The van der Waals surface area contributed by atoms with Gasteiger partial charge in [0.05, 0.1) is 18.1 Å². The fourth-order valence-corrected chi connectivity index (χ4v) is 4.36. The number of nitrogens with one attached hydrogen (secondary N) is 1. The highest BCUT2D eigenvalue weighted by Crippen LogP contribution is 2.34. The van der Waals surface area contributed by atoms with Crippen LogP contribution in [0.15, 0.2) is 12.1 Å². The number of fused-ring (bicyclic) bond motifs is 1. The smallest absolute Gasteiger partial charge is 0.203 e. The van der Waals surface area contributed by atoms with Gasteiger partial charge in [-0.25, -0.2) is 4.98 Å². The van der Waals surface area contributed by atoms with Crippen molar-refractivity contribution in [2.45, 2.75) is 50.7 Å². The predicted molar refractivity (Wildman–Crippen MR) is 110 cm³/mol. The van der Waals surface area contributed by atoms with Crippen LogP contribution in [0.5, 0.6) is 11.5 Å². The third-order valence-electron chi connectivity index (χ3n) is 5.95. The van der Waals surface area contributed by atoms with Crippen LogP contribution in [-0.4, -0.2) is 65.1 Å². The summed E-state index contributed by atoms with van der Waals surface area (Å²) >= 11 is 0. The van der Waals surface area contributed by atoms with Gasteiger partial charge in [-0.3, -0.25) is 0 Å². The van der Waals surface area contributed by atoms with Crippen molar-refractivity contribution in [3.63, 3.8) is 0 Å². The summed E-state index contributed by atoms with van der Waals surface area (Å²) in [5.41, 5.74) is 1.87. The lowest BCUT2D eigenvalue weighted by Crippen LogP contribution is -2.33. The number of benzene rings is 1. The number of ether oxygens (including phenoxy) is 2. The van der Waals surface area contributed by atoms with Gasteiger partial charge in [0.15, 0.2) is 11.5 Å². The van der Waals surface area contributed by atoms with E-state index in [4.69, 9.17) is 14.5 Å². The normalized spacial score (nSPS) is 19.4. The second-order valence-corrected chi connectivity index (χ2v) is 8.08. The van der Waals surface area contributed by atoms with Gasteiger partial charge in [0.1, 0.15) is 12.7 Å². The molecule has 1 aliphatic heterocycles. The summed E-state index contributed by atoms with van der Waals surface area (Å²) in [6, 6.07) is 4.38. The lowest BCUT2D eigenvalue weighted by Gasteiger charge is -2.20. The van der Waals surface area contributed by atoms with Crippen LogP contribution in [0.1, 0.15) is 38.5 Å². The third-order valence-corrected chi connectivity index (χ3v) is 5.95. The molecule has 2 heterocycles. The molecular weight excluding hydrogens is 356 g/mol.